The van der Waals surface area contributed by atoms with Gasteiger partial charge in [-0.2, -0.15) is 0 Å². The minimum absolute atomic E-state index is 0.391. The Bertz CT molecular complexity index is 223. The molecule has 0 aliphatic rings. The van der Waals surface area contributed by atoms with Gasteiger partial charge in [-0.05, 0) is 24.1 Å². The van der Waals surface area contributed by atoms with Crippen LogP contribution in [0, 0.1) is 0 Å². The van der Waals surface area contributed by atoms with Crippen LogP contribution in [0.15, 0.2) is 24.5 Å². The normalized spacial score (nSPS) is 12.5. The number of carbonyl (C=O) groups excluding carboxylic acids is 1. The standard InChI is InChI=1S/C8H10N2O/c9-8(6-11)5-7-1-3-10-4-2-7/h1-4,6,8H,5,9H2/t8-/m1/s1. The first-order chi connectivity index (χ1) is 5.33. The molecule has 1 aromatic rings. The molecule has 0 aliphatic carbocycles. The Balaban J connectivity index is 2.57. The summed E-state index contributed by atoms with van der Waals surface area (Å²) < 4.78 is 0. The van der Waals surface area contributed by atoms with Crippen molar-refractivity contribution in [3.05, 3.63) is 30.1 Å². The van der Waals surface area contributed by atoms with Gasteiger partial charge in [0.2, 0.25) is 0 Å². The quantitative estimate of drug-likeness (QED) is 0.624. The third-order valence-electron chi connectivity index (χ3n) is 1.40. The van der Waals surface area contributed by atoms with Gasteiger partial charge in [-0.25, -0.2) is 0 Å². The molecule has 0 aliphatic heterocycles. The summed E-state index contributed by atoms with van der Waals surface area (Å²) in [5.41, 5.74) is 6.46. The van der Waals surface area contributed by atoms with E-state index in [-0.39, 0.29) is 0 Å². The Hall–Kier alpha value is -1.22. The smallest absolute Gasteiger partial charge is 0.137 e. The monoisotopic (exact) mass is 150 g/mol. The van der Waals surface area contributed by atoms with Crippen LogP contribution in [0.2, 0.25) is 0 Å². The summed E-state index contributed by atoms with van der Waals surface area (Å²) in [7, 11) is 0. The molecule has 0 amide bonds. The Morgan fingerprint density at radius 3 is 2.73 bits per heavy atom. The van der Waals surface area contributed by atoms with Gasteiger partial charge in [0.05, 0.1) is 6.04 Å². The molecule has 58 valence electrons. The minimum Gasteiger partial charge on any atom is -0.321 e. The van der Waals surface area contributed by atoms with E-state index in [2.05, 4.69) is 4.98 Å². The van der Waals surface area contributed by atoms with Crippen molar-refractivity contribution in [2.24, 2.45) is 5.73 Å². The number of pyridine rings is 1. The summed E-state index contributed by atoms with van der Waals surface area (Å²) in [6.07, 6.45) is 4.71. The molecule has 2 N–H and O–H groups in total. The molecule has 0 spiro atoms. The molecule has 1 atom stereocenters. The number of nitrogens with zero attached hydrogens (tertiary/aromatic N) is 1. The van der Waals surface area contributed by atoms with E-state index in [0.29, 0.717) is 6.42 Å². The van der Waals surface area contributed by atoms with Crippen LogP contribution in [-0.2, 0) is 11.2 Å². The molecular formula is C8H10N2O. The van der Waals surface area contributed by atoms with Crippen LogP contribution >= 0.6 is 0 Å². The average Bonchev–Trinajstić information content (AvgIpc) is 2.06. The predicted octanol–water partition coefficient (Wildman–Crippen LogP) is 0.150. The van der Waals surface area contributed by atoms with Gasteiger partial charge >= 0.3 is 0 Å². The second-order valence-electron chi connectivity index (χ2n) is 2.36. The van der Waals surface area contributed by atoms with E-state index in [1.807, 2.05) is 12.1 Å². The van der Waals surface area contributed by atoms with Crippen molar-refractivity contribution in [1.82, 2.24) is 4.98 Å². The van der Waals surface area contributed by atoms with E-state index in [1.54, 1.807) is 12.4 Å². The summed E-state index contributed by atoms with van der Waals surface area (Å²) >= 11 is 0. The number of aldehydes is 1. The van der Waals surface area contributed by atoms with Crippen molar-refractivity contribution >= 4 is 6.29 Å². The summed E-state index contributed by atoms with van der Waals surface area (Å²) in [4.78, 5) is 14.0. The van der Waals surface area contributed by atoms with E-state index in [9.17, 15) is 4.79 Å². The van der Waals surface area contributed by atoms with Crippen LogP contribution < -0.4 is 5.73 Å². The zero-order valence-electron chi connectivity index (χ0n) is 6.10. The summed E-state index contributed by atoms with van der Waals surface area (Å²) in [5, 5.41) is 0. The minimum atomic E-state index is -0.391. The molecule has 0 unspecified atom stereocenters. The SMILES string of the molecule is N[C@@H](C=O)Cc1ccncc1. The summed E-state index contributed by atoms with van der Waals surface area (Å²) in [6.45, 7) is 0. The summed E-state index contributed by atoms with van der Waals surface area (Å²) in [5.74, 6) is 0. The number of hydrogen-bond donors (Lipinski definition) is 1. The van der Waals surface area contributed by atoms with Gasteiger partial charge in [-0.1, -0.05) is 0 Å². The molecule has 0 bridgehead atoms. The maximum atomic E-state index is 10.2. The first-order valence-electron chi connectivity index (χ1n) is 3.42. The third kappa shape index (κ3) is 2.47. The van der Waals surface area contributed by atoms with Crippen LogP contribution in [-0.4, -0.2) is 17.3 Å². The average molecular weight is 150 g/mol. The van der Waals surface area contributed by atoms with E-state index >= 15 is 0 Å². The van der Waals surface area contributed by atoms with Gasteiger partial charge < -0.3 is 10.5 Å². The fraction of sp³-hybridized carbons (Fsp3) is 0.250. The number of rotatable bonds is 3. The van der Waals surface area contributed by atoms with Crippen molar-refractivity contribution in [1.29, 1.82) is 0 Å². The molecule has 0 saturated heterocycles. The van der Waals surface area contributed by atoms with Crippen LogP contribution in [0.5, 0.6) is 0 Å². The highest BCUT2D eigenvalue weighted by atomic mass is 16.1. The lowest BCUT2D eigenvalue weighted by molar-refractivity contribution is -0.108. The highest BCUT2D eigenvalue weighted by molar-refractivity contribution is 5.57. The first kappa shape index (κ1) is 7.88. The maximum absolute atomic E-state index is 10.2. The van der Waals surface area contributed by atoms with Crippen molar-refractivity contribution in [2.45, 2.75) is 12.5 Å². The topological polar surface area (TPSA) is 56.0 Å². The van der Waals surface area contributed by atoms with Crippen LogP contribution in [0.3, 0.4) is 0 Å². The number of aromatic nitrogens is 1. The Labute approximate surface area is 65.2 Å². The largest absolute Gasteiger partial charge is 0.321 e. The summed E-state index contributed by atoms with van der Waals surface area (Å²) in [6, 6.07) is 3.31. The number of hydrogen-bond acceptors (Lipinski definition) is 3. The van der Waals surface area contributed by atoms with Crippen molar-refractivity contribution in [3.8, 4) is 0 Å². The highest BCUT2D eigenvalue weighted by Crippen LogP contribution is 1.98. The molecule has 0 saturated carbocycles. The van der Waals surface area contributed by atoms with Crippen molar-refractivity contribution < 1.29 is 4.79 Å². The Morgan fingerprint density at radius 1 is 1.55 bits per heavy atom. The molecule has 3 heteroatoms. The Morgan fingerprint density at radius 2 is 2.18 bits per heavy atom. The van der Waals surface area contributed by atoms with Gasteiger partial charge in [0.15, 0.2) is 0 Å². The molecule has 11 heavy (non-hydrogen) atoms. The molecule has 1 heterocycles. The lowest BCUT2D eigenvalue weighted by Gasteiger charge is -2.01. The molecule has 0 aromatic carbocycles. The molecule has 1 rings (SSSR count). The Kier molecular flexibility index (Phi) is 2.74. The number of nitrogens with two attached hydrogens (primary N) is 1. The lowest BCUT2D eigenvalue weighted by Crippen LogP contribution is -2.23. The number of carbonyl (C=O) groups is 1. The zero-order chi connectivity index (χ0) is 8.10. The van der Waals surface area contributed by atoms with Crippen LogP contribution in [0.4, 0.5) is 0 Å². The third-order valence-corrected chi connectivity index (χ3v) is 1.40. The van der Waals surface area contributed by atoms with Gasteiger partial charge in [0, 0.05) is 12.4 Å². The highest BCUT2D eigenvalue weighted by Gasteiger charge is 1.99. The molecule has 0 fully saturated rings. The van der Waals surface area contributed by atoms with E-state index in [4.69, 9.17) is 5.73 Å². The van der Waals surface area contributed by atoms with E-state index < -0.39 is 6.04 Å². The first-order valence-corrected chi connectivity index (χ1v) is 3.42. The van der Waals surface area contributed by atoms with Gasteiger partial charge in [-0.15, -0.1) is 0 Å². The van der Waals surface area contributed by atoms with E-state index in [0.717, 1.165) is 11.8 Å². The lowest BCUT2D eigenvalue weighted by atomic mass is 10.1. The van der Waals surface area contributed by atoms with Crippen LogP contribution in [0.25, 0.3) is 0 Å². The zero-order valence-corrected chi connectivity index (χ0v) is 6.10. The maximum Gasteiger partial charge on any atom is 0.137 e. The molecular weight excluding hydrogens is 140 g/mol. The van der Waals surface area contributed by atoms with Gasteiger partial charge in [0.25, 0.3) is 0 Å². The second kappa shape index (κ2) is 3.83. The molecule has 1 aromatic heterocycles. The molecule has 3 nitrogen and oxygen atoms in total. The second-order valence-corrected chi connectivity index (χ2v) is 2.36. The van der Waals surface area contributed by atoms with Gasteiger partial charge in [-0.3, -0.25) is 4.98 Å². The fourth-order valence-corrected chi connectivity index (χ4v) is 0.839. The molecule has 0 radical (unpaired) electrons. The van der Waals surface area contributed by atoms with Gasteiger partial charge in [0.1, 0.15) is 6.29 Å². The van der Waals surface area contributed by atoms with E-state index in [1.165, 1.54) is 0 Å². The van der Waals surface area contributed by atoms with Crippen molar-refractivity contribution in [2.75, 3.05) is 0 Å². The fourth-order valence-electron chi connectivity index (χ4n) is 0.839. The van der Waals surface area contributed by atoms with Crippen LogP contribution in [0.1, 0.15) is 5.56 Å². The predicted molar refractivity (Wildman–Crippen MR) is 42.0 cm³/mol. The van der Waals surface area contributed by atoms with Crippen molar-refractivity contribution in [3.63, 3.8) is 0 Å².